The maximum absolute atomic E-state index is 5.81. The van der Waals surface area contributed by atoms with Gasteiger partial charge in [-0.25, -0.2) is 9.97 Å². The van der Waals surface area contributed by atoms with Gasteiger partial charge in [-0.2, -0.15) is 0 Å². The lowest BCUT2D eigenvalue weighted by Gasteiger charge is -2.18. The van der Waals surface area contributed by atoms with Gasteiger partial charge in [0.2, 0.25) is 5.28 Å². The molecule has 0 saturated carbocycles. The zero-order valence-corrected chi connectivity index (χ0v) is 10.4. The van der Waals surface area contributed by atoms with E-state index in [2.05, 4.69) is 21.8 Å². The van der Waals surface area contributed by atoms with Gasteiger partial charge in [-0.05, 0) is 24.9 Å². The third-order valence-electron chi connectivity index (χ3n) is 2.30. The van der Waals surface area contributed by atoms with Crippen LogP contribution in [0.5, 0.6) is 0 Å². The van der Waals surface area contributed by atoms with Crippen molar-refractivity contribution in [1.82, 2.24) is 9.97 Å². The molecule has 0 unspecified atom stereocenters. The molecule has 1 aromatic rings. The van der Waals surface area contributed by atoms with Gasteiger partial charge in [-0.15, -0.1) is 0 Å². The number of hydrogen-bond donors (Lipinski definition) is 0. The van der Waals surface area contributed by atoms with Crippen LogP contribution in [0.15, 0.2) is 6.07 Å². The average Bonchev–Trinajstić information content (AvgIpc) is 2.16. The highest BCUT2D eigenvalue weighted by Gasteiger charge is 2.04. The minimum absolute atomic E-state index is 0.326. The fourth-order valence-corrected chi connectivity index (χ4v) is 1.65. The average molecular weight is 228 g/mol. The van der Waals surface area contributed by atoms with Crippen molar-refractivity contribution in [3.05, 3.63) is 17.0 Å². The molecule has 0 radical (unpaired) electrons. The molecule has 4 heteroatoms. The lowest BCUT2D eigenvalue weighted by Crippen LogP contribution is -2.20. The fourth-order valence-electron chi connectivity index (χ4n) is 1.43. The van der Waals surface area contributed by atoms with Crippen LogP contribution in [0.4, 0.5) is 5.82 Å². The van der Waals surface area contributed by atoms with E-state index in [1.165, 1.54) is 19.3 Å². The van der Waals surface area contributed by atoms with E-state index in [1.807, 2.05) is 20.0 Å². The number of anilines is 1. The molecule has 0 aliphatic heterocycles. The molecule has 0 saturated heterocycles. The number of hydrogen-bond acceptors (Lipinski definition) is 3. The Morgan fingerprint density at radius 3 is 2.67 bits per heavy atom. The van der Waals surface area contributed by atoms with E-state index < -0.39 is 0 Å². The zero-order valence-electron chi connectivity index (χ0n) is 9.63. The molecule has 15 heavy (non-hydrogen) atoms. The van der Waals surface area contributed by atoms with Crippen LogP contribution in [0.3, 0.4) is 0 Å². The highest BCUT2D eigenvalue weighted by Crippen LogP contribution is 2.14. The molecule has 1 rings (SSSR count). The van der Waals surface area contributed by atoms with E-state index >= 15 is 0 Å². The van der Waals surface area contributed by atoms with Crippen molar-refractivity contribution in [2.24, 2.45) is 0 Å². The third-order valence-corrected chi connectivity index (χ3v) is 2.47. The Balaban J connectivity index is 2.60. The van der Waals surface area contributed by atoms with E-state index in [0.717, 1.165) is 18.1 Å². The molecule has 0 spiro atoms. The number of aryl methyl sites for hydroxylation is 1. The van der Waals surface area contributed by atoms with E-state index in [4.69, 9.17) is 11.6 Å². The Kier molecular flexibility index (Phi) is 4.82. The van der Waals surface area contributed by atoms with Crippen molar-refractivity contribution in [2.45, 2.75) is 33.1 Å². The number of halogens is 1. The molecule has 0 aliphatic carbocycles. The molecule has 0 atom stereocenters. The van der Waals surface area contributed by atoms with Gasteiger partial charge in [0.15, 0.2) is 0 Å². The maximum Gasteiger partial charge on any atom is 0.224 e. The van der Waals surface area contributed by atoms with Gasteiger partial charge in [-0.3, -0.25) is 0 Å². The van der Waals surface area contributed by atoms with Gasteiger partial charge in [-0.1, -0.05) is 19.8 Å². The predicted octanol–water partition coefficient (Wildman–Crippen LogP) is 3.06. The number of aromatic nitrogens is 2. The van der Waals surface area contributed by atoms with Crippen molar-refractivity contribution >= 4 is 17.4 Å². The molecule has 1 heterocycles. The number of unbranched alkanes of at least 4 members (excludes halogenated alkanes) is 2. The van der Waals surface area contributed by atoms with E-state index in [1.54, 1.807) is 0 Å². The lowest BCUT2D eigenvalue weighted by molar-refractivity contribution is 0.700. The maximum atomic E-state index is 5.81. The summed E-state index contributed by atoms with van der Waals surface area (Å²) in [5, 5.41) is 0.326. The standard InChI is InChI=1S/C11H18ClN3/c1-4-5-6-7-15(3)10-8-9(2)13-11(12)14-10/h8H,4-7H2,1-3H3. The molecule has 3 nitrogen and oxygen atoms in total. The summed E-state index contributed by atoms with van der Waals surface area (Å²) in [6.07, 6.45) is 3.67. The Labute approximate surface area is 96.5 Å². The van der Waals surface area contributed by atoms with Crippen LogP contribution in [-0.4, -0.2) is 23.6 Å². The molecule has 0 aromatic carbocycles. The summed E-state index contributed by atoms with van der Waals surface area (Å²) >= 11 is 5.81. The van der Waals surface area contributed by atoms with Gasteiger partial charge < -0.3 is 4.90 Å². The summed E-state index contributed by atoms with van der Waals surface area (Å²) in [7, 11) is 2.04. The summed E-state index contributed by atoms with van der Waals surface area (Å²) in [5.41, 5.74) is 0.910. The number of rotatable bonds is 5. The second-order valence-electron chi connectivity index (χ2n) is 3.77. The van der Waals surface area contributed by atoms with Crippen molar-refractivity contribution < 1.29 is 0 Å². The minimum atomic E-state index is 0.326. The van der Waals surface area contributed by atoms with Crippen LogP contribution in [-0.2, 0) is 0 Å². The summed E-state index contributed by atoms with van der Waals surface area (Å²) in [4.78, 5) is 10.4. The van der Waals surface area contributed by atoms with Gasteiger partial charge in [0, 0.05) is 25.4 Å². The van der Waals surface area contributed by atoms with Crippen LogP contribution in [0, 0.1) is 6.92 Å². The van der Waals surface area contributed by atoms with Crippen LogP contribution in [0.25, 0.3) is 0 Å². The molecule has 0 amide bonds. The van der Waals surface area contributed by atoms with Crippen molar-refractivity contribution in [3.63, 3.8) is 0 Å². The summed E-state index contributed by atoms with van der Waals surface area (Å²) in [6.45, 7) is 5.14. The van der Waals surface area contributed by atoms with Crippen LogP contribution in [0.1, 0.15) is 31.9 Å². The molecular formula is C11H18ClN3. The topological polar surface area (TPSA) is 29.0 Å². The summed E-state index contributed by atoms with van der Waals surface area (Å²) in [5.74, 6) is 0.906. The molecular weight excluding hydrogens is 210 g/mol. The van der Waals surface area contributed by atoms with Crippen molar-refractivity contribution in [2.75, 3.05) is 18.5 Å². The monoisotopic (exact) mass is 227 g/mol. The predicted molar refractivity (Wildman–Crippen MR) is 64.6 cm³/mol. The van der Waals surface area contributed by atoms with Gasteiger partial charge in [0.1, 0.15) is 5.82 Å². The van der Waals surface area contributed by atoms with Crippen molar-refractivity contribution in [3.8, 4) is 0 Å². The van der Waals surface area contributed by atoms with E-state index in [9.17, 15) is 0 Å². The molecule has 84 valence electrons. The SMILES string of the molecule is CCCCCN(C)c1cc(C)nc(Cl)n1. The van der Waals surface area contributed by atoms with Gasteiger partial charge in [0.05, 0.1) is 0 Å². The Hall–Kier alpha value is -0.830. The van der Waals surface area contributed by atoms with Crippen LogP contribution < -0.4 is 4.90 Å². The van der Waals surface area contributed by atoms with Gasteiger partial charge >= 0.3 is 0 Å². The second-order valence-corrected chi connectivity index (χ2v) is 4.10. The molecule has 0 fully saturated rings. The number of nitrogens with zero attached hydrogens (tertiary/aromatic N) is 3. The van der Waals surface area contributed by atoms with Crippen LogP contribution in [0.2, 0.25) is 5.28 Å². The Bertz CT molecular complexity index is 294. The molecule has 0 bridgehead atoms. The molecule has 0 N–H and O–H groups in total. The minimum Gasteiger partial charge on any atom is -0.360 e. The third kappa shape index (κ3) is 4.04. The first-order chi connectivity index (χ1) is 7.13. The first kappa shape index (κ1) is 12.2. The Morgan fingerprint density at radius 2 is 2.07 bits per heavy atom. The van der Waals surface area contributed by atoms with Crippen molar-refractivity contribution in [1.29, 1.82) is 0 Å². The van der Waals surface area contributed by atoms with Crippen LogP contribution >= 0.6 is 11.6 Å². The highest BCUT2D eigenvalue weighted by molar-refractivity contribution is 6.28. The first-order valence-electron chi connectivity index (χ1n) is 5.35. The zero-order chi connectivity index (χ0) is 11.3. The first-order valence-corrected chi connectivity index (χ1v) is 5.73. The second kappa shape index (κ2) is 5.91. The van der Waals surface area contributed by atoms with E-state index in [-0.39, 0.29) is 0 Å². The largest absolute Gasteiger partial charge is 0.360 e. The lowest BCUT2D eigenvalue weighted by atomic mass is 10.2. The quantitative estimate of drug-likeness (QED) is 0.572. The molecule has 1 aromatic heterocycles. The van der Waals surface area contributed by atoms with Gasteiger partial charge in [0.25, 0.3) is 0 Å². The van der Waals surface area contributed by atoms with E-state index in [0.29, 0.717) is 5.28 Å². The normalized spacial score (nSPS) is 10.4. The fraction of sp³-hybridized carbons (Fsp3) is 0.636. The summed E-state index contributed by atoms with van der Waals surface area (Å²) in [6, 6.07) is 1.96. The Morgan fingerprint density at radius 1 is 1.33 bits per heavy atom. The summed E-state index contributed by atoms with van der Waals surface area (Å²) < 4.78 is 0. The molecule has 0 aliphatic rings. The smallest absolute Gasteiger partial charge is 0.224 e. The highest BCUT2D eigenvalue weighted by atomic mass is 35.5.